The highest BCUT2D eigenvalue weighted by molar-refractivity contribution is 7.84. The zero-order valence-corrected chi connectivity index (χ0v) is 12.0. The first-order valence-corrected chi connectivity index (χ1v) is 7.46. The van der Waals surface area contributed by atoms with E-state index in [0.717, 1.165) is 0 Å². The van der Waals surface area contributed by atoms with Crippen molar-refractivity contribution in [2.75, 3.05) is 7.11 Å². The fourth-order valence-corrected chi connectivity index (χ4v) is 2.97. The Labute approximate surface area is 120 Å². The van der Waals surface area contributed by atoms with E-state index < -0.39 is 10.8 Å². The Balaban J connectivity index is 2.18. The average Bonchev–Trinajstić information content (AvgIpc) is 2.49. The predicted octanol–water partition coefficient (Wildman–Crippen LogP) is 2.60. The number of rotatable bonds is 5. The Morgan fingerprint density at radius 3 is 2.40 bits per heavy atom. The number of halogens is 1. The maximum Gasteiger partial charge on any atom is 0.131 e. The van der Waals surface area contributed by atoms with Crippen LogP contribution in [0.25, 0.3) is 0 Å². The fourth-order valence-electron chi connectivity index (χ4n) is 1.85. The molecule has 0 aliphatic rings. The van der Waals surface area contributed by atoms with Crippen molar-refractivity contribution in [3.8, 4) is 5.75 Å². The summed E-state index contributed by atoms with van der Waals surface area (Å²) in [5, 5.41) is 0. The molecule has 0 bridgehead atoms. The zero-order valence-electron chi connectivity index (χ0n) is 11.1. The minimum absolute atomic E-state index is 0.131. The van der Waals surface area contributed by atoms with Crippen molar-refractivity contribution in [1.82, 2.24) is 0 Å². The Kier molecular flexibility index (Phi) is 4.87. The number of nitrogens with two attached hydrogens (primary N) is 1. The minimum Gasteiger partial charge on any atom is -0.497 e. The van der Waals surface area contributed by atoms with Gasteiger partial charge < -0.3 is 10.5 Å². The van der Waals surface area contributed by atoms with E-state index in [1.54, 1.807) is 49.6 Å². The van der Waals surface area contributed by atoms with Gasteiger partial charge in [-0.25, -0.2) is 4.39 Å². The van der Waals surface area contributed by atoms with E-state index in [1.807, 2.05) is 0 Å². The lowest BCUT2D eigenvalue weighted by atomic mass is 10.1. The average molecular weight is 293 g/mol. The van der Waals surface area contributed by atoms with Crippen molar-refractivity contribution in [3.63, 3.8) is 0 Å². The molecule has 2 aromatic carbocycles. The van der Waals surface area contributed by atoms with Gasteiger partial charge >= 0.3 is 0 Å². The number of benzene rings is 2. The van der Waals surface area contributed by atoms with E-state index in [0.29, 0.717) is 21.8 Å². The monoisotopic (exact) mass is 293 g/mol. The summed E-state index contributed by atoms with van der Waals surface area (Å²) in [6, 6.07) is 11.9. The Hall–Kier alpha value is -1.72. The van der Waals surface area contributed by atoms with Gasteiger partial charge in [-0.1, -0.05) is 18.2 Å². The lowest BCUT2D eigenvalue weighted by Gasteiger charge is -2.07. The van der Waals surface area contributed by atoms with Gasteiger partial charge in [0.2, 0.25) is 0 Å². The lowest BCUT2D eigenvalue weighted by Crippen LogP contribution is -2.05. The molecule has 0 saturated carbocycles. The molecule has 106 valence electrons. The Morgan fingerprint density at radius 1 is 1.15 bits per heavy atom. The van der Waals surface area contributed by atoms with Crippen molar-refractivity contribution < 1.29 is 13.3 Å². The van der Waals surface area contributed by atoms with Crippen LogP contribution in [0.15, 0.2) is 47.4 Å². The molecule has 3 nitrogen and oxygen atoms in total. The van der Waals surface area contributed by atoms with Gasteiger partial charge in [0.15, 0.2) is 0 Å². The summed E-state index contributed by atoms with van der Waals surface area (Å²) < 4.78 is 31.3. The quantitative estimate of drug-likeness (QED) is 0.922. The van der Waals surface area contributed by atoms with E-state index in [-0.39, 0.29) is 18.1 Å². The van der Waals surface area contributed by atoms with Crippen LogP contribution in [0.5, 0.6) is 5.75 Å². The van der Waals surface area contributed by atoms with Crippen LogP contribution in [0.1, 0.15) is 11.1 Å². The van der Waals surface area contributed by atoms with Crippen molar-refractivity contribution in [2.24, 2.45) is 5.73 Å². The van der Waals surface area contributed by atoms with Crippen LogP contribution >= 0.6 is 0 Å². The highest BCUT2D eigenvalue weighted by atomic mass is 32.2. The van der Waals surface area contributed by atoms with Crippen molar-refractivity contribution >= 4 is 10.8 Å². The van der Waals surface area contributed by atoms with E-state index >= 15 is 0 Å². The van der Waals surface area contributed by atoms with E-state index in [4.69, 9.17) is 10.5 Å². The highest BCUT2D eigenvalue weighted by Crippen LogP contribution is 2.19. The number of hydrogen-bond acceptors (Lipinski definition) is 3. The normalized spacial score (nSPS) is 12.2. The first-order chi connectivity index (χ1) is 9.65. The molecular formula is C15H16FNO2S. The molecule has 0 aliphatic carbocycles. The van der Waals surface area contributed by atoms with Crippen molar-refractivity contribution in [2.45, 2.75) is 17.2 Å². The fraction of sp³-hybridized carbons (Fsp3) is 0.200. The first-order valence-electron chi connectivity index (χ1n) is 6.14. The van der Waals surface area contributed by atoms with Crippen LogP contribution in [0, 0.1) is 5.82 Å². The molecule has 0 radical (unpaired) electrons. The molecule has 1 unspecified atom stereocenters. The molecule has 0 fully saturated rings. The van der Waals surface area contributed by atoms with Gasteiger partial charge in [-0.3, -0.25) is 4.21 Å². The van der Waals surface area contributed by atoms with Gasteiger partial charge in [-0.05, 0) is 24.3 Å². The van der Waals surface area contributed by atoms with Crippen LogP contribution < -0.4 is 10.5 Å². The van der Waals surface area contributed by atoms with Crippen LogP contribution in [-0.4, -0.2) is 11.3 Å². The highest BCUT2D eigenvalue weighted by Gasteiger charge is 2.11. The lowest BCUT2D eigenvalue weighted by molar-refractivity contribution is 0.414. The van der Waals surface area contributed by atoms with Crippen LogP contribution in [0.4, 0.5) is 4.39 Å². The largest absolute Gasteiger partial charge is 0.497 e. The Bertz CT molecular complexity index is 614. The summed E-state index contributed by atoms with van der Waals surface area (Å²) >= 11 is 0. The molecule has 0 aliphatic heterocycles. The molecule has 2 rings (SSSR count). The molecule has 0 saturated heterocycles. The molecule has 0 aromatic heterocycles. The van der Waals surface area contributed by atoms with Crippen LogP contribution in [-0.2, 0) is 23.1 Å². The first kappa shape index (κ1) is 14.7. The summed E-state index contributed by atoms with van der Waals surface area (Å²) in [6.07, 6.45) is 0. The third-order valence-corrected chi connectivity index (χ3v) is 4.36. The molecule has 0 spiro atoms. The van der Waals surface area contributed by atoms with Crippen molar-refractivity contribution in [3.05, 3.63) is 59.4 Å². The van der Waals surface area contributed by atoms with Gasteiger partial charge in [0, 0.05) is 22.6 Å². The topological polar surface area (TPSA) is 52.3 Å². The smallest absolute Gasteiger partial charge is 0.131 e. The molecule has 2 N–H and O–H groups in total. The summed E-state index contributed by atoms with van der Waals surface area (Å²) in [5.74, 6) is 0.463. The summed E-state index contributed by atoms with van der Waals surface area (Å²) in [5.41, 5.74) is 6.32. The Morgan fingerprint density at radius 2 is 1.80 bits per heavy atom. The van der Waals surface area contributed by atoms with Crippen LogP contribution in [0.2, 0.25) is 0 Å². The molecule has 20 heavy (non-hydrogen) atoms. The molecular weight excluding hydrogens is 277 g/mol. The van der Waals surface area contributed by atoms with E-state index in [9.17, 15) is 8.60 Å². The number of hydrogen-bond donors (Lipinski definition) is 1. The van der Waals surface area contributed by atoms with E-state index in [2.05, 4.69) is 0 Å². The number of ether oxygens (including phenoxy) is 1. The summed E-state index contributed by atoms with van der Waals surface area (Å²) in [7, 11) is 0.268. The van der Waals surface area contributed by atoms with E-state index in [1.165, 1.54) is 0 Å². The van der Waals surface area contributed by atoms with Crippen molar-refractivity contribution in [1.29, 1.82) is 0 Å². The molecule has 0 heterocycles. The van der Waals surface area contributed by atoms with Gasteiger partial charge in [0.05, 0.1) is 23.7 Å². The third-order valence-electron chi connectivity index (χ3n) is 2.99. The molecule has 2 aromatic rings. The number of methoxy groups -OCH3 is 1. The molecule has 0 amide bonds. The van der Waals surface area contributed by atoms with Gasteiger partial charge in [-0.2, -0.15) is 0 Å². The van der Waals surface area contributed by atoms with Crippen LogP contribution in [0.3, 0.4) is 0 Å². The predicted molar refractivity (Wildman–Crippen MR) is 77.4 cm³/mol. The SMILES string of the molecule is COc1ccc(S(=O)Cc2cccc(CN)c2F)cc1. The molecule has 1 atom stereocenters. The maximum absolute atomic E-state index is 14.0. The second kappa shape index (κ2) is 6.63. The zero-order chi connectivity index (χ0) is 14.5. The summed E-state index contributed by atoms with van der Waals surface area (Å²) in [4.78, 5) is 0.642. The maximum atomic E-state index is 14.0. The van der Waals surface area contributed by atoms with Gasteiger partial charge in [-0.15, -0.1) is 0 Å². The molecule has 5 heteroatoms. The van der Waals surface area contributed by atoms with Gasteiger partial charge in [0.25, 0.3) is 0 Å². The standard InChI is InChI=1S/C15H16FNO2S/c1-19-13-5-7-14(8-6-13)20(18)10-12-4-2-3-11(9-17)15(12)16/h2-8H,9-10,17H2,1H3. The second-order valence-corrected chi connectivity index (χ2v) is 5.71. The van der Waals surface area contributed by atoms with Gasteiger partial charge in [0.1, 0.15) is 11.6 Å². The third kappa shape index (κ3) is 3.23. The second-order valence-electron chi connectivity index (χ2n) is 4.26. The summed E-state index contributed by atoms with van der Waals surface area (Å²) in [6.45, 7) is 0.134. The minimum atomic E-state index is -1.30.